The van der Waals surface area contributed by atoms with Crippen LogP contribution in [0.3, 0.4) is 0 Å². The summed E-state index contributed by atoms with van der Waals surface area (Å²) in [4.78, 5) is 30.5. The molecule has 124 valence electrons. The van der Waals surface area contributed by atoms with Crippen LogP contribution in [0.2, 0.25) is 0 Å². The first-order valence-corrected chi connectivity index (χ1v) is 8.08. The van der Waals surface area contributed by atoms with Crippen molar-refractivity contribution in [3.8, 4) is 0 Å². The van der Waals surface area contributed by atoms with Gasteiger partial charge in [-0.05, 0) is 35.9 Å². The highest BCUT2D eigenvalue weighted by molar-refractivity contribution is 9.10. The summed E-state index contributed by atoms with van der Waals surface area (Å²) in [6.07, 6.45) is 1.32. The van der Waals surface area contributed by atoms with Gasteiger partial charge in [0, 0.05) is 15.4 Å². The molecule has 2 aromatic heterocycles. The largest absolute Gasteiger partial charge is 0.350 e. The van der Waals surface area contributed by atoms with E-state index in [0.29, 0.717) is 11.1 Å². The van der Waals surface area contributed by atoms with Crippen molar-refractivity contribution in [3.05, 3.63) is 79.2 Å². The minimum absolute atomic E-state index is 0.254. The number of aromatic amines is 2. The number of benzene rings is 2. The van der Waals surface area contributed by atoms with Crippen molar-refractivity contribution >= 4 is 44.1 Å². The second kappa shape index (κ2) is 5.82. The van der Waals surface area contributed by atoms with E-state index in [1.165, 1.54) is 30.5 Å². The lowest BCUT2D eigenvalue weighted by atomic mass is 10.2. The van der Waals surface area contributed by atoms with E-state index in [-0.39, 0.29) is 11.3 Å². The molecule has 0 spiro atoms. The van der Waals surface area contributed by atoms with Gasteiger partial charge in [0.25, 0.3) is 0 Å². The maximum Gasteiger partial charge on any atom is 0.350 e. The van der Waals surface area contributed by atoms with Crippen molar-refractivity contribution in [1.29, 1.82) is 0 Å². The van der Waals surface area contributed by atoms with E-state index in [4.69, 9.17) is 0 Å². The molecule has 0 fully saturated rings. The van der Waals surface area contributed by atoms with Crippen LogP contribution in [0.4, 0.5) is 4.39 Å². The highest BCUT2D eigenvalue weighted by atomic mass is 79.9. The zero-order valence-electron chi connectivity index (χ0n) is 12.6. The number of rotatable bonds is 2. The van der Waals surface area contributed by atoms with Crippen molar-refractivity contribution in [2.45, 2.75) is 0 Å². The van der Waals surface area contributed by atoms with Crippen LogP contribution in [-0.4, -0.2) is 20.9 Å². The Balaban J connectivity index is 1.90. The Morgan fingerprint density at radius 2 is 1.80 bits per heavy atom. The van der Waals surface area contributed by atoms with Gasteiger partial charge in [0.1, 0.15) is 11.3 Å². The number of nitrogens with zero attached hydrogens (tertiary/aromatic N) is 2. The molecule has 8 heteroatoms. The van der Waals surface area contributed by atoms with Crippen molar-refractivity contribution < 1.29 is 4.39 Å². The van der Waals surface area contributed by atoms with Crippen LogP contribution in [0.5, 0.6) is 0 Å². The molecule has 0 bridgehead atoms. The predicted molar refractivity (Wildman–Crippen MR) is 97.8 cm³/mol. The molecule has 2 aromatic carbocycles. The zero-order chi connectivity index (χ0) is 17.6. The van der Waals surface area contributed by atoms with Crippen molar-refractivity contribution in [3.63, 3.8) is 0 Å². The maximum atomic E-state index is 12.9. The van der Waals surface area contributed by atoms with E-state index < -0.39 is 11.2 Å². The summed E-state index contributed by atoms with van der Waals surface area (Å²) in [7, 11) is 0. The van der Waals surface area contributed by atoms with Gasteiger partial charge >= 0.3 is 11.2 Å². The summed E-state index contributed by atoms with van der Waals surface area (Å²) in [5.41, 5.74) is 0.754. The van der Waals surface area contributed by atoms with Gasteiger partial charge in [-0.2, -0.15) is 5.10 Å². The molecule has 4 aromatic rings. The summed E-state index contributed by atoms with van der Waals surface area (Å²) in [6, 6.07) is 11.0. The Hall–Kier alpha value is -3.00. The van der Waals surface area contributed by atoms with Crippen LogP contribution in [0.25, 0.3) is 21.9 Å². The monoisotopic (exact) mass is 400 g/mol. The van der Waals surface area contributed by atoms with Gasteiger partial charge in [0.2, 0.25) is 0 Å². The normalized spacial score (nSPS) is 11.8. The smallest absolute Gasteiger partial charge is 0.349 e. The number of nitrogens with one attached hydrogen (secondary N) is 2. The molecule has 0 atom stereocenters. The summed E-state index contributed by atoms with van der Waals surface area (Å²) in [6.45, 7) is 0. The van der Waals surface area contributed by atoms with Gasteiger partial charge in [-0.15, -0.1) is 4.68 Å². The number of fused-ring (bicyclic) bond motifs is 3. The van der Waals surface area contributed by atoms with Gasteiger partial charge in [-0.1, -0.05) is 28.1 Å². The van der Waals surface area contributed by atoms with Crippen molar-refractivity contribution in [2.75, 3.05) is 0 Å². The minimum atomic E-state index is -0.656. The van der Waals surface area contributed by atoms with E-state index in [1.807, 2.05) is 18.2 Å². The highest BCUT2D eigenvalue weighted by Gasteiger charge is 2.12. The zero-order valence-corrected chi connectivity index (χ0v) is 14.2. The van der Waals surface area contributed by atoms with Crippen LogP contribution in [0, 0.1) is 5.82 Å². The third-order valence-electron chi connectivity index (χ3n) is 3.78. The molecule has 0 saturated heterocycles. The second-order valence-electron chi connectivity index (χ2n) is 5.41. The minimum Gasteiger partial charge on any atom is -0.349 e. The van der Waals surface area contributed by atoms with Crippen LogP contribution >= 0.6 is 15.9 Å². The lowest BCUT2D eigenvalue weighted by molar-refractivity contribution is 0.628. The van der Waals surface area contributed by atoms with Gasteiger partial charge in [0.05, 0.1) is 11.7 Å². The molecular weight excluding hydrogens is 391 g/mol. The van der Waals surface area contributed by atoms with E-state index in [2.05, 4.69) is 31.0 Å². The van der Waals surface area contributed by atoms with Crippen molar-refractivity contribution in [1.82, 2.24) is 14.6 Å². The summed E-state index contributed by atoms with van der Waals surface area (Å²) < 4.78 is 14.5. The van der Waals surface area contributed by atoms with Gasteiger partial charge in [-0.3, -0.25) is 4.79 Å². The molecule has 2 heterocycles. The van der Waals surface area contributed by atoms with Gasteiger partial charge < -0.3 is 9.97 Å². The van der Waals surface area contributed by atoms with Gasteiger partial charge in [-0.25, -0.2) is 9.18 Å². The first-order valence-electron chi connectivity index (χ1n) is 7.29. The number of hydrogen-bond donors (Lipinski definition) is 2. The number of H-pyrrole nitrogens is 2. The van der Waals surface area contributed by atoms with Crippen molar-refractivity contribution in [2.24, 2.45) is 5.10 Å². The number of halogens is 2. The van der Waals surface area contributed by atoms with Gasteiger partial charge in [0.15, 0.2) is 0 Å². The van der Waals surface area contributed by atoms with E-state index in [1.54, 1.807) is 0 Å². The molecule has 0 amide bonds. The fourth-order valence-corrected chi connectivity index (χ4v) is 2.95. The quantitative estimate of drug-likeness (QED) is 0.507. The molecular formula is C17H10BrFN4O2. The van der Waals surface area contributed by atoms with Crippen LogP contribution in [0.1, 0.15) is 5.56 Å². The molecule has 4 rings (SSSR count). The average molecular weight is 401 g/mol. The molecule has 0 aliphatic heterocycles. The molecule has 0 aliphatic carbocycles. The predicted octanol–water partition coefficient (Wildman–Crippen LogP) is 2.95. The molecule has 0 saturated carbocycles. The third kappa shape index (κ3) is 2.70. The Kier molecular flexibility index (Phi) is 3.61. The van der Waals surface area contributed by atoms with E-state index in [0.717, 1.165) is 20.1 Å². The first kappa shape index (κ1) is 15.5. The first-order chi connectivity index (χ1) is 12.0. The van der Waals surface area contributed by atoms with E-state index in [9.17, 15) is 14.0 Å². The average Bonchev–Trinajstić information content (AvgIpc) is 2.94. The fourth-order valence-electron chi connectivity index (χ4n) is 2.59. The standard InChI is InChI=1S/C17H10BrFN4O2/c18-10-3-6-13-12(7-10)14-15(21-13)16(24)23(17(25)22-14)20-8-9-1-4-11(19)5-2-9/h1-8,21H,(H,22,25)/b20-8+. The molecule has 0 radical (unpaired) electrons. The SMILES string of the molecule is O=c1[nH]c2c([nH]c3ccc(Br)cc32)c(=O)n1/N=C/c1ccc(F)cc1. The lowest BCUT2D eigenvalue weighted by Crippen LogP contribution is -2.32. The van der Waals surface area contributed by atoms with Crippen LogP contribution in [-0.2, 0) is 0 Å². The number of aromatic nitrogens is 3. The summed E-state index contributed by atoms with van der Waals surface area (Å²) >= 11 is 3.37. The maximum absolute atomic E-state index is 12.9. The molecule has 0 unspecified atom stereocenters. The highest BCUT2D eigenvalue weighted by Crippen LogP contribution is 2.24. The topological polar surface area (TPSA) is 83.0 Å². The molecule has 0 aliphatic rings. The number of hydrogen-bond acceptors (Lipinski definition) is 3. The third-order valence-corrected chi connectivity index (χ3v) is 4.28. The molecule has 6 nitrogen and oxygen atoms in total. The summed E-state index contributed by atoms with van der Waals surface area (Å²) in [5.74, 6) is -0.377. The second-order valence-corrected chi connectivity index (χ2v) is 6.32. The Morgan fingerprint density at radius 3 is 2.56 bits per heavy atom. The summed E-state index contributed by atoms with van der Waals surface area (Å²) in [5, 5.41) is 4.66. The molecule has 25 heavy (non-hydrogen) atoms. The Labute approximate surface area is 147 Å². The van der Waals surface area contributed by atoms with E-state index >= 15 is 0 Å². The van der Waals surface area contributed by atoms with Crippen LogP contribution in [0.15, 0.2) is 61.6 Å². The fraction of sp³-hybridized carbons (Fsp3) is 0. The Morgan fingerprint density at radius 1 is 1.04 bits per heavy atom. The Bertz CT molecular complexity index is 1250. The van der Waals surface area contributed by atoms with Crippen LogP contribution < -0.4 is 11.2 Å². The lowest BCUT2D eigenvalue weighted by Gasteiger charge is -1.98. The molecule has 2 N–H and O–H groups in total.